The van der Waals surface area contributed by atoms with E-state index in [1.54, 1.807) is 0 Å². The van der Waals surface area contributed by atoms with Gasteiger partial charge >= 0.3 is 0 Å². The third kappa shape index (κ3) is 3.89. The third-order valence-electron chi connectivity index (χ3n) is 7.06. The molecule has 1 aliphatic heterocycles. The van der Waals surface area contributed by atoms with Gasteiger partial charge in [-0.15, -0.1) is 0 Å². The first-order valence-electron chi connectivity index (χ1n) is 10.8. The Balaban J connectivity index is 1.63. The van der Waals surface area contributed by atoms with Crippen molar-refractivity contribution in [2.45, 2.75) is 53.8 Å². The molecule has 3 atom stereocenters. The van der Waals surface area contributed by atoms with Gasteiger partial charge in [0.15, 0.2) is 9.84 Å². The van der Waals surface area contributed by atoms with Gasteiger partial charge in [0.2, 0.25) is 0 Å². The van der Waals surface area contributed by atoms with Crippen molar-refractivity contribution in [2.24, 2.45) is 5.92 Å². The van der Waals surface area contributed by atoms with E-state index in [9.17, 15) is 21.2 Å². The van der Waals surface area contributed by atoms with Crippen molar-refractivity contribution in [1.82, 2.24) is 9.03 Å². The normalized spacial score (nSPS) is 30.0. The Hall–Kier alpha value is -1.59. The molecule has 178 valence electrons. The number of rotatable bonds is 4. The van der Waals surface area contributed by atoms with Gasteiger partial charge in [0.05, 0.1) is 4.90 Å². The Kier molecular flexibility index (Phi) is 5.60. The van der Waals surface area contributed by atoms with Crippen LogP contribution in [0.1, 0.15) is 37.7 Å². The van der Waals surface area contributed by atoms with Crippen LogP contribution in [0.25, 0.3) is 0 Å². The minimum Gasteiger partial charge on any atom is -0.223 e. The van der Waals surface area contributed by atoms with E-state index in [1.165, 1.54) is 28.6 Å². The zero-order chi connectivity index (χ0) is 23.6. The van der Waals surface area contributed by atoms with E-state index >= 15 is 4.39 Å². The Morgan fingerprint density at radius 2 is 1.76 bits per heavy atom. The standard InChI is InChI=1S/C22H23ClF2N2O4S2/c23-15-1-6-18(7-2-15)32(28,29)22(19-11-16(24)3-8-20(19)25)10-9-21-14(12-22)13-27(17-4-5-17)33(30,31)26-21/h1-3,6-8,11,14,17,21,26H,4-5,9-10,12-13H2/t14-,21-,22+/m1/s1. The molecule has 5 rings (SSSR count). The molecule has 0 amide bonds. The number of fused-ring (bicyclic) bond motifs is 1. The Morgan fingerprint density at radius 1 is 1.06 bits per heavy atom. The molecule has 2 aromatic rings. The maximum absolute atomic E-state index is 15.1. The zero-order valence-electron chi connectivity index (χ0n) is 17.5. The van der Waals surface area contributed by atoms with Crippen LogP contribution in [0.2, 0.25) is 5.02 Å². The van der Waals surface area contributed by atoms with Crippen molar-refractivity contribution in [1.29, 1.82) is 0 Å². The summed E-state index contributed by atoms with van der Waals surface area (Å²) in [6.45, 7) is 0.152. The SMILES string of the molecule is O=S1(=O)N[C@@H]2CC[C@](c3cc(F)ccc3F)(S(=O)(=O)c3ccc(Cl)cc3)C[C@@H]2CN1C1CC1. The minimum absolute atomic E-state index is 0.0330. The van der Waals surface area contributed by atoms with Gasteiger partial charge in [0.1, 0.15) is 16.4 Å². The van der Waals surface area contributed by atoms with Crippen molar-refractivity contribution in [2.75, 3.05) is 6.54 Å². The summed E-state index contributed by atoms with van der Waals surface area (Å²) >= 11 is 5.94. The third-order valence-corrected chi connectivity index (χ3v) is 11.5. The van der Waals surface area contributed by atoms with E-state index in [4.69, 9.17) is 11.6 Å². The quantitative estimate of drug-likeness (QED) is 0.670. The second-order valence-corrected chi connectivity index (χ2v) is 13.5. The van der Waals surface area contributed by atoms with E-state index in [1.807, 2.05) is 0 Å². The molecular weight excluding hydrogens is 494 g/mol. The lowest BCUT2D eigenvalue weighted by Gasteiger charge is -2.48. The average Bonchev–Trinajstić information content (AvgIpc) is 3.59. The minimum atomic E-state index is -4.20. The lowest BCUT2D eigenvalue weighted by atomic mass is 9.74. The highest BCUT2D eigenvalue weighted by atomic mass is 35.5. The van der Waals surface area contributed by atoms with Gasteiger partial charge in [-0.05, 0) is 80.5 Å². The van der Waals surface area contributed by atoms with E-state index < -0.39 is 42.5 Å². The molecule has 0 aromatic heterocycles. The van der Waals surface area contributed by atoms with Crippen LogP contribution in [0.4, 0.5) is 8.78 Å². The number of halogens is 3. The summed E-state index contributed by atoms with van der Waals surface area (Å²) in [6.07, 6.45) is 1.61. The Morgan fingerprint density at radius 3 is 2.42 bits per heavy atom. The maximum Gasteiger partial charge on any atom is 0.279 e. The molecule has 3 fully saturated rings. The highest BCUT2D eigenvalue weighted by molar-refractivity contribution is 7.92. The molecule has 0 spiro atoms. The predicted molar refractivity (Wildman–Crippen MR) is 120 cm³/mol. The zero-order valence-corrected chi connectivity index (χ0v) is 19.9. The molecule has 2 aliphatic carbocycles. The van der Waals surface area contributed by atoms with E-state index in [0.717, 1.165) is 31.0 Å². The summed E-state index contributed by atoms with van der Waals surface area (Å²) in [7, 11) is -7.85. The number of nitrogens with zero attached hydrogens (tertiary/aromatic N) is 1. The number of hydrogen-bond donors (Lipinski definition) is 1. The molecule has 0 unspecified atom stereocenters. The molecule has 0 bridgehead atoms. The predicted octanol–water partition coefficient (Wildman–Crippen LogP) is 3.77. The van der Waals surface area contributed by atoms with Gasteiger partial charge in [-0.3, -0.25) is 0 Å². The topological polar surface area (TPSA) is 83.5 Å². The highest BCUT2D eigenvalue weighted by Crippen LogP contribution is 2.51. The maximum atomic E-state index is 15.1. The molecule has 0 radical (unpaired) electrons. The van der Waals surface area contributed by atoms with Crippen LogP contribution in [0.5, 0.6) is 0 Å². The summed E-state index contributed by atoms with van der Waals surface area (Å²) in [4.78, 5) is -0.0375. The molecule has 2 aromatic carbocycles. The summed E-state index contributed by atoms with van der Waals surface area (Å²) in [5, 5.41) is 0.352. The van der Waals surface area contributed by atoms with Crippen LogP contribution in [0.3, 0.4) is 0 Å². The van der Waals surface area contributed by atoms with Gasteiger partial charge in [-0.2, -0.15) is 17.4 Å². The fraction of sp³-hybridized carbons (Fsp3) is 0.455. The summed E-state index contributed by atoms with van der Waals surface area (Å²) < 4.78 is 85.1. The van der Waals surface area contributed by atoms with Crippen LogP contribution in [0, 0.1) is 17.6 Å². The van der Waals surface area contributed by atoms with Gasteiger partial charge in [-0.25, -0.2) is 17.2 Å². The largest absolute Gasteiger partial charge is 0.279 e. The molecule has 33 heavy (non-hydrogen) atoms. The van der Waals surface area contributed by atoms with Crippen LogP contribution in [-0.4, -0.2) is 39.8 Å². The Labute approximate surface area is 197 Å². The lowest BCUT2D eigenvalue weighted by Crippen LogP contribution is -2.61. The molecule has 2 saturated carbocycles. The van der Waals surface area contributed by atoms with Gasteiger partial charge < -0.3 is 0 Å². The van der Waals surface area contributed by atoms with Crippen molar-refractivity contribution in [3.8, 4) is 0 Å². The Bertz CT molecular complexity index is 1300. The van der Waals surface area contributed by atoms with Crippen LogP contribution in [0.15, 0.2) is 47.4 Å². The number of nitrogens with one attached hydrogen (secondary N) is 1. The smallest absolute Gasteiger partial charge is 0.223 e. The van der Waals surface area contributed by atoms with Crippen LogP contribution < -0.4 is 4.72 Å². The van der Waals surface area contributed by atoms with Crippen molar-refractivity contribution in [3.05, 3.63) is 64.7 Å². The molecule has 6 nitrogen and oxygen atoms in total. The monoisotopic (exact) mass is 516 g/mol. The first-order chi connectivity index (χ1) is 15.5. The van der Waals surface area contributed by atoms with Crippen LogP contribution >= 0.6 is 11.6 Å². The van der Waals surface area contributed by atoms with Gasteiger partial charge in [0.25, 0.3) is 10.2 Å². The molecule has 3 aliphatic rings. The molecule has 11 heteroatoms. The highest BCUT2D eigenvalue weighted by Gasteiger charge is 2.56. The number of hydrogen-bond acceptors (Lipinski definition) is 4. The molecule has 1 saturated heterocycles. The fourth-order valence-corrected chi connectivity index (χ4v) is 9.41. The van der Waals surface area contributed by atoms with Crippen molar-refractivity contribution in [3.63, 3.8) is 0 Å². The summed E-state index contributed by atoms with van der Waals surface area (Å²) in [5.41, 5.74) is -0.220. The van der Waals surface area contributed by atoms with Crippen LogP contribution in [-0.2, 0) is 24.8 Å². The van der Waals surface area contributed by atoms with E-state index in [2.05, 4.69) is 4.72 Å². The summed E-state index contributed by atoms with van der Waals surface area (Å²) in [6, 6.07) is 7.90. The average molecular weight is 517 g/mol. The van der Waals surface area contributed by atoms with E-state index in [0.29, 0.717) is 5.02 Å². The van der Waals surface area contributed by atoms with E-state index in [-0.39, 0.29) is 48.2 Å². The molecular formula is C22H23ClF2N2O4S2. The van der Waals surface area contributed by atoms with Gasteiger partial charge in [0, 0.05) is 29.2 Å². The second-order valence-electron chi connectivity index (χ2n) is 9.11. The fourth-order valence-electron chi connectivity index (χ4n) is 5.25. The van der Waals surface area contributed by atoms with Crippen molar-refractivity contribution < 1.29 is 25.6 Å². The molecule has 1 N–H and O–H groups in total. The first-order valence-corrected chi connectivity index (χ1v) is 14.1. The lowest BCUT2D eigenvalue weighted by molar-refractivity contribution is 0.172. The number of sulfone groups is 1. The van der Waals surface area contributed by atoms with Gasteiger partial charge in [-0.1, -0.05) is 11.6 Å². The van der Waals surface area contributed by atoms with Crippen molar-refractivity contribution >= 4 is 31.6 Å². The first kappa shape index (κ1) is 23.2. The second kappa shape index (κ2) is 7.98. The summed E-state index contributed by atoms with van der Waals surface area (Å²) in [5.74, 6) is -1.92. The molecule has 1 heterocycles. The number of benzene rings is 2.